The van der Waals surface area contributed by atoms with E-state index in [0.29, 0.717) is 5.92 Å². The van der Waals surface area contributed by atoms with E-state index in [4.69, 9.17) is 9.73 Å². The Morgan fingerprint density at radius 3 is 2.78 bits per heavy atom. The van der Waals surface area contributed by atoms with Crippen molar-refractivity contribution in [3.63, 3.8) is 0 Å². The quantitative estimate of drug-likeness (QED) is 0.367. The van der Waals surface area contributed by atoms with E-state index in [1.165, 1.54) is 45.3 Å². The maximum absolute atomic E-state index is 5.67. The standard InChI is InChI=1S/C18H36N4O/c1-3-19-18(20-10-6-12-23-15-16-8-9-16)21-13-17-7-5-11-22(4-2)14-17/h16-17H,3-15H2,1-2H3,(H2,19,20,21). The lowest BCUT2D eigenvalue weighted by Crippen LogP contribution is -2.40. The van der Waals surface area contributed by atoms with Crippen LogP contribution in [0.25, 0.3) is 0 Å². The monoisotopic (exact) mass is 324 g/mol. The second-order valence-electron chi connectivity index (χ2n) is 6.92. The van der Waals surface area contributed by atoms with E-state index < -0.39 is 0 Å². The van der Waals surface area contributed by atoms with Crippen LogP contribution in [0.1, 0.15) is 46.0 Å². The van der Waals surface area contributed by atoms with Crippen LogP contribution in [-0.2, 0) is 4.74 Å². The van der Waals surface area contributed by atoms with E-state index in [2.05, 4.69) is 29.4 Å². The van der Waals surface area contributed by atoms with Gasteiger partial charge in [0.1, 0.15) is 0 Å². The van der Waals surface area contributed by atoms with Gasteiger partial charge in [-0.15, -0.1) is 0 Å². The van der Waals surface area contributed by atoms with Gasteiger partial charge < -0.3 is 20.3 Å². The number of guanidine groups is 1. The third-order valence-corrected chi connectivity index (χ3v) is 4.71. The van der Waals surface area contributed by atoms with Crippen molar-refractivity contribution in [2.75, 3.05) is 52.5 Å². The van der Waals surface area contributed by atoms with Crippen LogP contribution in [0.5, 0.6) is 0 Å². The molecule has 1 aliphatic carbocycles. The molecule has 1 atom stereocenters. The number of likely N-dealkylation sites (tertiary alicyclic amines) is 1. The maximum Gasteiger partial charge on any atom is 0.191 e. The topological polar surface area (TPSA) is 48.9 Å². The second-order valence-corrected chi connectivity index (χ2v) is 6.92. The number of aliphatic imine (C=N–C) groups is 1. The van der Waals surface area contributed by atoms with Crippen LogP contribution >= 0.6 is 0 Å². The Bertz CT molecular complexity index is 344. The van der Waals surface area contributed by atoms with E-state index in [0.717, 1.165) is 51.1 Å². The molecule has 0 aromatic heterocycles. The molecule has 1 aliphatic heterocycles. The molecule has 0 amide bonds. The molecule has 5 heteroatoms. The van der Waals surface area contributed by atoms with Crippen LogP contribution in [-0.4, -0.2) is 63.3 Å². The first-order chi connectivity index (χ1) is 11.3. The lowest BCUT2D eigenvalue weighted by Gasteiger charge is -2.31. The Morgan fingerprint density at radius 1 is 1.17 bits per heavy atom. The fourth-order valence-electron chi connectivity index (χ4n) is 3.07. The molecule has 1 saturated carbocycles. The summed E-state index contributed by atoms with van der Waals surface area (Å²) in [6.45, 7) is 12.6. The van der Waals surface area contributed by atoms with Crippen molar-refractivity contribution in [1.29, 1.82) is 0 Å². The Hall–Kier alpha value is -0.810. The van der Waals surface area contributed by atoms with Gasteiger partial charge in [-0.2, -0.15) is 0 Å². The molecule has 1 unspecified atom stereocenters. The number of piperidine rings is 1. The molecule has 1 heterocycles. The van der Waals surface area contributed by atoms with Crippen LogP contribution in [0.4, 0.5) is 0 Å². The molecule has 0 radical (unpaired) electrons. The second kappa shape index (κ2) is 10.9. The first-order valence-electron chi connectivity index (χ1n) is 9.64. The highest BCUT2D eigenvalue weighted by atomic mass is 16.5. The van der Waals surface area contributed by atoms with Gasteiger partial charge in [-0.1, -0.05) is 6.92 Å². The van der Waals surface area contributed by atoms with Crippen LogP contribution in [0.3, 0.4) is 0 Å². The number of nitrogens with one attached hydrogen (secondary N) is 2. The molecule has 2 N–H and O–H groups in total. The summed E-state index contributed by atoms with van der Waals surface area (Å²) < 4.78 is 5.67. The van der Waals surface area contributed by atoms with Crippen molar-refractivity contribution in [2.45, 2.75) is 46.0 Å². The minimum atomic E-state index is 0.709. The van der Waals surface area contributed by atoms with Crippen molar-refractivity contribution in [3.05, 3.63) is 0 Å². The lowest BCUT2D eigenvalue weighted by molar-refractivity contribution is 0.123. The number of ether oxygens (including phenoxy) is 1. The molecule has 2 aliphatic rings. The molecule has 0 bridgehead atoms. The summed E-state index contributed by atoms with van der Waals surface area (Å²) in [5, 5.41) is 6.79. The Kier molecular flexibility index (Phi) is 8.76. The molecule has 5 nitrogen and oxygen atoms in total. The number of hydrogen-bond acceptors (Lipinski definition) is 3. The molecule has 0 aromatic carbocycles. The van der Waals surface area contributed by atoms with Gasteiger partial charge in [-0.05, 0) is 64.0 Å². The summed E-state index contributed by atoms with van der Waals surface area (Å²) in [6, 6.07) is 0. The summed E-state index contributed by atoms with van der Waals surface area (Å²) in [5.74, 6) is 2.53. The van der Waals surface area contributed by atoms with Gasteiger partial charge in [-0.3, -0.25) is 4.99 Å². The highest BCUT2D eigenvalue weighted by Gasteiger charge is 2.21. The van der Waals surface area contributed by atoms with E-state index in [1.54, 1.807) is 0 Å². The van der Waals surface area contributed by atoms with Gasteiger partial charge in [0.05, 0.1) is 0 Å². The highest BCUT2D eigenvalue weighted by Crippen LogP contribution is 2.28. The Balaban J connectivity index is 1.60. The normalized spacial score (nSPS) is 23.0. The van der Waals surface area contributed by atoms with Gasteiger partial charge in [-0.25, -0.2) is 0 Å². The van der Waals surface area contributed by atoms with Crippen molar-refractivity contribution in [1.82, 2.24) is 15.5 Å². The van der Waals surface area contributed by atoms with Gasteiger partial charge in [0.2, 0.25) is 0 Å². The van der Waals surface area contributed by atoms with Crippen molar-refractivity contribution < 1.29 is 4.74 Å². The average Bonchev–Trinajstić information content (AvgIpc) is 3.40. The smallest absolute Gasteiger partial charge is 0.191 e. The highest BCUT2D eigenvalue weighted by molar-refractivity contribution is 5.79. The molecule has 2 rings (SSSR count). The van der Waals surface area contributed by atoms with E-state index in [9.17, 15) is 0 Å². The summed E-state index contributed by atoms with van der Waals surface area (Å²) in [4.78, 5) is 7.33. The molecule has 1 saturated heterocycles. The fourth-order valence-corrected chi connectivity index (χ4v) is 3.07. The van der Waals surface area contributed by atoms with E-state index in [1.807, 2.05) is 0 Å². The van der Waals surface area contributed by atoms with Crippen LogP contribution in [0, 0.1) is 11.8 Å². The SMILES string of the molecule is CCNC(=NCC1CCCN(CC)C1)NCCCOCC1CC1. The van der Waals surface area contributed by atoms with E-state index in [-0.39, 0.29) is 0 Å². The zero-order valence-electron chi connectivity index (χ0n) is 15.1. The molecular weight excluding hydrogens is 288 g/mol. The molecular formula is C18H36N4O. The first kappa shape index (κ1) is 18.5. The lowest BCUT2D eigenvalue weighted by atomic mass is 9.98. The maximum atomic E-state index is 5.67. The molecule has 0 aromatic rings. The zero-order chi connectivity index (χ0) is 16.3. The molecule has 23 heavy (non-hydrogen) atoms. The third-order valence-electron chi connectivity index (χ3n) is 4.71. The zero-order valence-corrected chi connectivity index (χ0v) is 15.1. The Morgan fingerprint density at radius 2 is 2.04 bits per heavy atom. The largest absolute Gasteiger partial charge is 0.381 e. The third kappa shape index (κ3) is 8.02. The van der Waals surface area contributed by atoms with Gasteiger partial charge in [0, 0.05) is 39.4 Å². The van der Waals surface area contributed by atoms with Crippen molar-refractivity contribution in [3.8, 4) is 0 Å². The van der Waals surface area contributed by atoms with Crippen LogP contribution in [0.2, 0.25) is 0 Å². The van der Waals surface area contributed by atoms with Gasteiger partial charge in [0.25, 0.3) is 0 Å². The fraction of sp³-hybridized carbons (Fsp3) is 0.944. The predicted molar refractivity (Wildman–Crippen MR) is 97.0 cm³/mol. The summed E-state index contributed by atoms with van der Waals surface area (Å²) in [6.07, 6.45) is 6.41. The Labute approximate surface area is 142 Å². The van der Waals surface area contributed by atoms with Crippen LogP contribution < -0.4 is 10.6 Å². The predicted octanol–water partition coefficient (Wildman–Crippen LogP) is 2.09. The summed E-state index contributed by atoms with van der Waals surface area (Å²) in [5.41, 5.74) is 0. The summed E-state index contributed by atoms with van der Waals surface area (Å²) >= 11 is 0. The van der Waals surface area contributed by atoms with Crippen molar-refractivity contribution >= 4 is 5.96 Å². The average molecular weight is 325 g/mol. The van der Waals surface area contributed by atoms with Crippen molar-refractivity contribution in [2.24, 2.45) is 16.8 Å². The molecule has 134 valence electrons. The minimum Gasteiger partial charge on any atom is -0.381 e. The minimum absolute atomic E-state index is 0.709. The van der Waals surface area contributed by atoms with Crippen LogP contribution in [0.15, 0.2) is 4.99 Å². The molecule has 2 fully saturated rings. The number of nitrogens with zero attached hydrogens (tertiary/aromatic N) is 2. The van der Waals surface area contributed by atoms with Gasteiger partial charge >= 0.3 is 0 Å². The number of hydrogen-bond donors (Lipinski definition) is 2. The molecule has 0 spiro atoms. The van der Waals surface area contributed by atoms with Gasteiger partial charge in [0.15, 0.2) is 5.96 Å². The number of rotatable bonds is 10. The first-order valence-corrected chi connectivity index (χ1v) is 9.64. The summed E-state index contributed by atoms with van der Waals surface area (Å²) in [7, 11) is 0. The van der Waals surface area contributed by atoms with E-state index >= 15 is 0 Å².